The van der Waals surface area contributed by atoms with Gasteiger partial charge in [0.2, 0.25) is 0 Å². The zero-order chi connectivity index (χ0) is 15.0. The first kappa shape index (κ1) is 15.2. The molecular formula is C10H8ClF3O5S. The van der Waals surface area contributed by atoms with Crippen molar-refractivity contribution in [1.29, 1.82) is 0 Å². The molecule has 0 saturated heterocycles. The molecule has 1 aromatic rings. The molecule has 0 aromatic heterocycles. The van der Waals surface area contributed by atoms with Gasteiger partial charge in [0, 0.05) is 0 Å². The quantitative estimate of drug-likeness (QED) is 0.628. The highest BCUT2D eigenvalue weighted by Crippen LogP contribution is 2.38. The van der Waals surface area contributed by atoms with E-state index in [0.29, 0.717) is 6.61 Å². The molecule has 10 heteroatoms. The predicted molar refractivity (Wildman–Crippen MR) is 62.2 cm³/mol. The monoisotopic (exact) mass is 332 g/mol. The molecule has 0 aliphatic carbocycles. The lowest BCUT2D eigenvalue weighted by atomic mass is 10.2. The van der Waals surface area contributed by atoms with Gasteiger partial charge < -0.3 is 9.47 Å². The van der Waals surface area contributed by atoms with E-state index in [0.717, 1.165) is 0 Å². The van der Waals surface area contributed by atoms with E-state index in [1.165, 1.54) is 12.1 Å². The van der Waals surface area contributed by atoms with Gasteiger partial charge in [0.1, 0.15) is 13.2 Å². The van der Waals surface area contributed by atoms with Crippen molar-refractivity contribution in [2.75, 3.05) is 13.2 Å². The Kier molecular flexibility index (Phi) is 4.03. The summed E-state index contributed by atoms with van der Waals surface area (Å²) in [5.74, 6) is 0.493. The Labute approximate surface area is 117 Å². The molecule has 0 N–H and O–H groups in total. The van der Waals surface area contributed by atoms with E-state index in [4.69, 9.17) is 21.1 Å². The van der Waals surface area contributed by atoms with Gasteiger partial charge in [-0.15, -0.1) is 0 Å². The molecule has 0 saturated carbocycles. The fourth-order valence-corrected chi connectivity index (χ4v) is 2.17. The van der Waals surface area contributed by atoms with Gasteiger partial charge in [-0.3, -0.25) is 4.18 Å². The maximum absolute atomic E-state index is 12.1. The van der Waals surface area contributed by atoms with Crippen LogP contribution in [0.4, 0.5) is 13.2 Å². The first-order valence-electron chi connectivity index (χ1n) is 5.24. The summed E-state index contributed by atoms with van der Waals surface area (Å²) in [4.78, 5) is 0. The van der Waals surface area contributed by atoms with Gasteiger partial charge in [0.15, 0.2) is 11.5 Å². The number of hydrogen-bond donors (Lipinski definition) is 0. The first-order valence-corrected chi connectivity index (χ1v) is 7.03. The minimum absolute atomic E-state index is 0.102. The molecule has 1 heterocycles. The minimum Gasteiger partial charge on any atom is -0.486 e. The van der Waals surface area contributed by atoms with Gasteiger partial charge in [0.25, 0.3) is 0 Å². The third kappa shape index (κ3) is 3.10. The fourth-order valence-electron chi connectivity index (χ4n) is 1.46. The Balaban J connectivity index is 2.17. The van der Waals surface area contributed by atoms with E-state index < -0.39 is 22.2 Å². The molecule has 1 aromatic carbocycles. The van der Waals surface area contributed by atoms with Gasteiger partial charge in [-0.2, -0.15) is 21.6 Å². The van der Waals surface area contributed by atoms with Crippen molar-refractivity contribution in [3.05, 3.63) is 22.7 Å². The van der Waals surface area contributed by atoms with Crippen LogP contribution in [0.3, 0.4) is 0 Å². The molecule has 0 fully saturated rings. The van der Waals surface area contributed by atoms with Crippen LogP contribution in [0, 0.1) is 0 Å². The highest BCUT2D eigenvalue weighted by atomic mass is 35.5. The van der Waals surface area contributed by atoms with E-state index in [1.54, 1.807) is 0 Å². The maximum Gasteiger partial charge on any atom is 0.523 e. The van der Waals surface area contributed by atoms with Gasteiger partial charge in [-0.25, -0.2) is 0 Å². The Bertz CT molecular complexity index is 614. The minimum atomic E-state index is -5.65. The number of ether oxygens (including phenoxy) is 2. The van der Waals surface area contributed by atoms with Crippen LogP contribution >= 0.6 is 11.6 Å². The summed E-state index contributed by atoms with van der Waals surface area (Å²) in [5, 5.41) is 0.102. The van der Waals surface area contributed by atoms with Gasteiger partial charge >= 0.3 is 15.6 Å². The number of benzene rings is 1. The Hall–Kier alpha value is -1.19. The summed E-state index contributed by atoms with van der Waals surface area (Å²) in [6, 6.07) is 2.56. The highest BCUT2D eigenvalue weighted by Gasteiger charge is 2.47. The van der Waals surface area contributed by atoms with Crippen molar-refractivity contribution < 1.29 is 35.2 Å². The zero-order valence-corrected chi connectivity index (χ0v) is 11.3. The van der Waals surface area contributed by atoms with Crippen molar-refractivity contribution in [2.24, 2.45) is 0 Å². The Morgan fingerprint density at radius 2 is 1.90 bits per heavy atom. The van der Waals surface area contributed by atoms with Crippen molar-refractivity contribution >= 4 is 21.7 Å². The van der Waals surface area contributed by atoms with Gasteiger partial charge in [-0.05, 0) is 17.7 Å². The lowest BCUT2D eigenvalue weighted by Crippen LogP contribution is -2.25. The molecule has 0 amide bonds. The smallest absolute Gasteiger partial charge is 0.486 e. The molecule has 112 valence electrons. The SMILES string of the molecule is O=S(=O)(OCc1cc(Cl)c2c(c1)OCCO2)C(F)(F)F. The molecule has 20 heavy (non-hydrogen) atoms. The Morgan fingerprint density at radius 3 is 2.55 bits per heavy atom. The van der Waals surface area contributed by atoms with Crippen LogP contribution in [0.5, 0.6) is 11.5 Å². The fraction of sp³-hybridized carbons (Fsp3) is 0.400. The van der Waals surface area contributed by atoms with Crippen LogP contribution in [0.2, 0.25) is 5.02 Å². The van der Waals surface area contributed by atoms with Crippen molar-refractivity contribution in [2.45, 2.75) is 12.1 Å². The molecule has 0 radical (unpaired) electrons. The van der Waals surface area contributed by atoms with E-state index in [-0.39, 0.29) is 28.7 Å². The number of alkyl halides is 3. The van der Waals surface area contributed by atoms with E-state index in [2.05, 4.69) is 4.18 Å². The predicted octanol–water partition coefficient (Wildman–Crippen LogP) is 2.48. The summed E-state index contributed by atoms with van der Waals surface area (Å²) in [5.41, 5.74) is -5.35. The molecule has 0 bridgehead atoms. The molecule has 2 rings (SSSR count). The second kappa shape index (κ2) is 5.30. The van der Waals surface area contributed by atoms with E-state index in [1.807, 2.05) is 0 Å². The number of hydrogen-bond acceptors (Lipinski definition) is 5. The van der Waals surface area contributed by atoms with Crippen LogP contribution in [-0.2, 0) is 20.9 Å². The van der Waals surface area contributed by atoms with E-state index >= 15 is 0 Å². The number of fused-ring (bicyclic) bond motifs is 1. The van der Waals surface area contributed by atoms with Crippen molar-refractivity contribution in [3.63, 3.8) is 0 Å². The summed E-state index contributed by atoms with van der Waals surface area (Å²) < 4.78 is 72.2. The zero-order valence-electron chi connectivity index (χ0n) is 9.74. The third-order valence-electron chi connectivity index (χ3n) is 2.32. The summed E-state index contributed by atoms with van der Waals surface area (Å²) in [6.45, 7) is -0.252. The molecule has 5 nitrogen and oxygen atoms in total. The van der Waals surface area contributed by atoms with Crippen molar-refractivity contribution in [3.8, 4) is 11.5 Å². The normalized spacial score (nSPS) is 15.2. The summed E-state index contributed by atoms with van der Waals surface area (Å²) in [6.07, 6.45) is 0. The maximum atomic E-state index is 12.1. The van der Waals surface area contributed by atoms with Crippen LogP contribution in [0.1, 0.15) is 5.56 Å². The van der Waals surface area contributed by atoms with Crippen LogP contribution in [0.15, 0.2) is 12.1 Å². The molecule has 0 spiro atoms. The topological polar surface area (TPSA) is 61.8 Å². The highest BCUT2D eigenvalue weighted by molar-refractivity contribution is 7.87. The van der Waals surface area contributed by atoms with Crippen LogP contribution < -0.4 is 9.47 Å². The number of halogens is 4. The molecular weight excluding hydrogens is 325 g/mol. The average Bonchev–Trinajstić information content (AvgIpc) is 2.35. The molecule has 1 aliphatic heterocycles. The summed E-state index contributed by atoms with van der Waals surface area (Å²) in [7, 11) is -5.65. The first-order chi connectivity index (χ1) is 9.21. The van der Waals surface area contributed by atoms with Crippen LogP contribution in [-0.4, -0.2) is 27.1 Å². The van der Waals surface area contributed by atoms with Crippen molar-refractivity contribution in [1.82, 2.24) is 0 Å². The van der Waals surface area contributed by atoms with E-state index in [9.17, 15) is 21.6 Å². The van der Waals surface area contributed by atoms with Gasteiger partial charge in [-0.1, -0.05) is 11.6 Å². The molecule has 0 unspecified atom stereocenters. The molecule has 1 aliphatic rings. The lowest BCUT2D eigenvalue weighted by molar-refractivity contribution is -0.0547. The third-order valence-corrected chi connectivity index (χ3v) is 3.60. The standard InChI is InChI=1S/C10H8ClF3O5S/c11-7-3-6(4-8-9(7)18-2-1-17-8)5-19-20(15,16)10(12,13)14/h3-4H,1-2,5H2. The largest absolute Gasteiger partial charge is 0.523 e. The lowest BCUT2D eigenvalue weighted by Gasteiger charge is -2.20. The molecule has 0 atom stereocenters. The second-order valence-corrected chi connectivity index (χ2v) is 5.78. The summed E-state index contributed by atoms with van der Waals surface area (Å²) >= 11 is 5.86. The van der Waals surface area contributed by atoms with Crippen LogP contribution in [0.25, 0.3) is 0 Å². The number of rotatable bonds is 3. The second-order valence-electron chi connectivity index (χ2n) is 3.76. The Morgan fingerprint density at radius 1 is 1.25 bits per heavy atom. The average molecular weight is 333 g/mol. The van der Waals surface area contributed by atoms with Gasteiger partial charge in [0.05, 0.1) is 11.6 Å².